The van der Waals surface area contributed by atoms with Gasteiger partial charge in [0.15, 0.2) is 11.6 Å². The quantitative estimate of drug-likeness (QED) is 0.774. The Labute approximate surface area is 84.4 Å². The Hall–Kier alpha value is -1.98. The number of rotatable bonds is 1. The molecule has 0 bridgehead atoms. The number of aryl methyl sites for hydroxylation is 1. The molecular weight excluding hydrogens is 202 g/mol. The first-order chi connectivity index (χ1) is 7.08. The van der Waals surface area contributed by atoms with Crippen molar-refractivity contribution in [1.82, 2.24) is 14.8 Å². The van der Waals surface area contributed by atoms with Gasteiger partial charge in [-0.1, -0.05) is 0 Å². The molecule has 15 heavy (non-hydrogen) atoms. The third kappa shape index (κ3) is 1.65. The maximum Gasteiger partial charge on any atom is 0.190 e. The van der Waals surface area contributed by atoms with E-state index in [1.165, 1.54) is 19.2 Å². The number of anilines is 1. The van der Waals surface area contributed by atoms with E-state index in [1.807, 2.05) is 0 Å². The van der Waals surface area contributed by atoms with Crippen LogP contribution in [0.25, 0.3) is 5.82 Å². The van der Waals surface area contributed by atoms with Crippen LogP contribution in [0.15, 0.2) is 18.3 Å². The Kier molecular flexibility index (Phi) is 2.11. The summed E-state index contributed by atoms with van der Waals surface area (Å²) in [6.07, 6.45) is 1.46. The van der Waals surface area contributed by atoms with Gasteiger partial charge in [0.2, 0.25) is 0 Å². The fourth-order valence-electron chi connectivity index (χ4n) is 1.16. The molecule has 2 heterocycles. The molecule has 0 spiro atoms. The average molecular weight is 210 g/mol. The number of hydrogen-bond donors (Lipinski definition) is 1. The molecule has 0 aromatic carbocycles. The summed E-state index contributed by atoms with van der Waals surface area (Å²) in [6.45, 7) is 1.45. The van der Waals surface area contributed by atoms with E-state index in [-0.39, 0.29) is 17.3 Å². The number of nitrogens with two attached hydrogens (primary N) is 1. The number of nitrogen functional groups attached to an aromatic ring is 1. The third-order valence-corrected chi connectivity index (χ3v) is 1.91. The van der Waals surface area contributed by atoms with E-state index in [4.69, 9.17) is 5.73 Å². The minimum atomic E-state index is -0.777. The molecule has 0 radical (unpaired) electrons. The fraction of sp³-hybridized carbons (Fsp3) is 0.111. The van der Waals surface area contributed by atoms with Crippen LogP contribution in [0, 0.1) is 18.6 Å². The molecule has 0 amide bonds. The molecule has 0 unspecified atom stereocenters. The van der Waals surface area contributed by atoms with Crippen molar-refractivity contribution < 1.29 is 8.78 Å². The third-order valence-electron chi connectivity index (χ3n) is 1.91. The molecule has 78 valence electrons. The predicted octanol–water partition coefficient (Wildman–Crippen LogP) is 1.44. The number of pyridine rings is 1. The minimum absolute atomic E-state index is 0.0643. The van der Waals surface area contributed by atoms with Crippen LogP contribution in [0.4, 0.5) is 14.6 Å². The summed E-state index contributed by atoms with van der Waals surface area (Å²) in [5.41, 5.74) is 5.49. The largest absolute Gasteiger partial charge is 0.382 e. The van der Waals surface area contributed by atoms with Crippen molar-refractivity contribution in [3.05, 3.63) is 35.7 Å². The Bertz CT molecular complexity index is 507. The van der Waals surface area contributed by atoms with Gasteiger partial charge in [0, 0.05) is 18.3 Å². The maximum atomic E-state index is 13.3. The van der Waals surface area contributed by atoms with Gasteiger partial charge < -0.3 is 5.73 Å². The van der Waals surface area contributed by atoms with Crippen LogP contribution in [0.5, 0.6) is 0 Å². The second kappa shape index (κ2) is 3.30. The van der Waals surface area contributed by atoms with E-state index in [9.17, 15) is 8.78 Å². The van der Waals surface area contributed by atoms with Crippen LogP contribution in [0.1, 0.15) is 5.69 Å². The van der Waals surface area contributed by atoms with Gasteiger partial charge in [-0.2, -0.15) is 0 Å². The highest BCUT2D eigenvalue weighted by atomic mass is 19.1. The molecule has 6 heteroatoms. The lowest BCUT2D eigenvalue weighted by molar-refractivity contribution is 0.553. The second-order valence-electron chi connectivity index (χ2n) is 3.05. The zero-order valence-electron chi connectivity index (χ0n) is 7.91. The van der Waals surface area contributed by atoms with Crippen molar-refractivity contribution in [3.63, 3.8) is 0 Å². The Morgan fingerprint density at radius 1 is 1.33 bits per heavy atom. The predicted molar refractivity (Wildman–Crippen MR) is 50.4 cm³/mol. The first-order valence-electron chi connectivity index (χ1n) is 4.22. The Balaban J connectivity index is 2.58. The van der Waals surface area contributed by atoms with E-state index >= 15 is 0 Å². The van der Waals surface area contributed by atoms with Gasteiger partial charge in [0.05, 0.1) is 5.69 Å². The molecule has 0 fully saturated rings. The number of aromatic nitrogens is 3. The molecule has 0 aliphatic heterocycles. The van der Waals surface area contributed by atoms with Crippen molar-refractivity contribution in [2.75, 3.05) is 5.73 Å². The lowest BCUT2D eigenvalue weighted by Gasteiger charge is -2.03. The molecule has 0 saturated heterocycles. The lowest BCUT2D eigenvalue weighted by atomic mass is 10.3. The summed E-state index contributed by atoms with van der Waals surface area (Å²) in [7, 11) is 0. The first-order valence-corrected chi connectivity index (χ1v) is 4.22. The first kappa shape index (κ1) is 9.57. The second-order valence-corrected chi connectivity index (χ2v) is 3.05. The SMILES string of the molecule is Cc1nc(-n2ccc(N)n2)c(F)cc1F. The normalized spacial score (nSPS) is 10.6. The minimum Gasteiger partial charge on any atom is -0.382 e. The summed E-state index contributed by atoms with van der Waals surface area (Å²) in [4.78, 5) is 3.75. The van der Waals surface area contributed by atoms with E-state index in [0.29, 0.717) is 0 Å². The summed E-state index contributed by atoms with van der Waals surface area (Å²) >= 11 is 0. The van der Waals surface area contributed by atoms with Crippen LogP contribution in [-0.2, 0) is 0 Å². The molecule has 4 nitrogen and oxygen atoms in total. The van der Waals surface area contributed by atoms with Crippen LogP contribution < -0.4 is 5.73 Å². The van der Waals surface area contributed by atoms with E-state index in [2.05, 4.69) is 10.1 Å². The van der Waals surface area contributed by atoms with Crippen molar-refractivity contribution in [2.24, 2.45) is 0 Å². The summed E-state index contributed by atoms with van der Waals surface area (Å²) in [5.74, 6) is -1.28. The van der Waals surface area contributed by atoms with E-state index < -0.39 is 11.6 Å². The molecule has 0 saturated carbocycles. The van der Waals surface area contributed by atoms with Crippen LogP contribution in [0.3, 0.4) is 0 Å². The standard InChI is InChI=1S/C9H8F2N4/c1-5-6(10)4-7(11)9(13-5)15-3-2-8(12)14-15/h2-4H,1H3,(H2,12,14). The number of nitrogens with zero attached hydrogens (tertiary/aromatic N) is 3. The van der Waals surface area contributed by atoms with Gasteiger partial charge >= 0.3 is 0 Å². The van der Waals surface area contributed by atoms with Crippen molar-refractivity contribution in [1.29, 1.82) is 0 Å². The van der Waals surface area contributed by atoms with Gasteiger partial charge in [-0.25, -0.2) is 18.4 Å². The molecular formula is C9H8F2N4. The molecule has 0 aliphatic carbocycles. The summed E-state index contributed by atoms with van der Waals surface area (Å²) in [5, 5.41) is 3.78. The monoisotopic (exact) mass is 210 g/mol. The Morgan fingerprint density at radius 3 is 2.67 bits per heavy atom. The fourth-order valence-corrected chi connectivity index (χ4v) is 1.16. The molecule has 0 atom stereocenters. The van der Waals surface area contributed by atoms with Crippen molar-refractivity contribution in [3.8, 4) is 5.82 Å². The zero-order chi connectivity index (χ0) is 11.0. The highest BCUT2D eigenvalue weighted by Gasteiger charge is 2.11. The van der Waals surface area contributed by atoms with Gasteiger partial charge in [0.1, 0.15) is 11.6 Å². The van der Waals surface area contributed by atoms with Crippen LogP contribution >= 0.6 is 0 Å². The number of hydrogen-bond acceptors (Lipinski definition) is 3. The highest BCUT2D eigenvalue weighted by molar-refractivity contribution is 5.32. The van der Waals surface area contributed by atoms with Crippen LogP contribution in [-0.4, -0.2) is 14.8 Å². The zero-order valence-corrected chi connectivity index (χ0v) is 7.91. The molecule has 2 N–H and O–H groups in total. The molecule has 2 aromatic heterocycles. The highest BCUT2D eigenvalue weighted by Crippen LogP contribution is 2.14. The Morgan fingerprint density at radius 2 is 2.07 bits per heavy atom. The summed E-state index contributed by atoms with van der Waals surface area (Å²) in [6, 6.07) is 2.27. The molecule has 2 aromatic rings. The van der Waals surface area contributed by atoms with Gasteiger partial charge in [-0.3, -0.25) is 0 Å². The van der Waals surface area contributed by atoms with Gasteiger partial charge in [0.25, 0.3) is 0 Å². The van der Waals surface area contributed by atoms with Gasteiger partial charge in [-0.05, 0) is 6.92 Å². The average Bonchev–Trinajstić information content (AvgIpc) is 2.58. The molecule has 0 aliphatic rings. The smallest absolute Gasteiger partial charge is 0.190 e. The van der Waals surface area contributed by atoms with Crippen molar-refractivity contribution >= 4 is 5.82 Å². The molecule has 2 rings (SSSR count). The maximum absolute atomic E-state index is 13.3. The van der Waals surface area contributed by atoms with Crippen LogP contribution in [0.2, 0.25) is 0 Å². The van der Waals surface area contributed by atoms with Gasteiger partial charge in [-0.15, -0.1) is 5.10 Å². The van der Waals surface area contributed by atoms with Crippen molar-refractivity contribution in [2.45, 2.75) is 6.92 Å². The lowest BCUT2D eigenvalue weighted by Crippen LogP contribution is -2.05. The van der Waals surface area contributed by atoms with E-state index in [1.54, 1.807) is 0 Å². The topological polar surface area (TPSA) is 56.7 Å². The van der Waals surface area contributed by atoms with E-state index in [0.717, 1.165) is 10.7 Å². The number of halogens is 2. The summed E-state index contributed by atoms with van der Waals surface area (Å²) < 4.78 is 27.4.